The van der Waals surface area contributed by atoms with Crippen molar-refractivity contribution >= 4 is 12.1 Å². The summed E-state index contributed by atoms with van der Waals surface area (Å²) in [6, 6.07) is 9.02. The molecule has 1 aromatic rings. The van der Waals surface area contributed by atoms with E-state index < -0.39 is 0 Å². The molecule has 6 heteroatoms. The van der Waals surface area contributed by atoms with Gasteiger partial charge in [-0.2, -0.15) is 0 Å². The number of likely N-dealkylation sites (tertiary alicyclic amines) is 1. The van der Waals surface area contributed by atoms with Crippen LogP contribution in [-0.2, 0) is 16.7 Å². The molecule has 6 nitrogen and oxygen atoms in total. The summed E-state index contributed by atoms with van der Waals surface area (Å²) in [4.78, 5) is 17.6. The molecule has 1 heterocycles. The molecule has 0 radical (unpaired) electrons. The summed E-state index contributed by atoms with van der Waals surface area (Å²) in [5.41, 5.74) is 2.73. The van der Waals surface area contributed by atoms with Crippen LogP contribution in [-0.4, -0.2) is 50.2 Å². The summed E-state index contributed by atoms with van der Waals surface area (Å²) in [6.07, 6.45) is 1.52. The van der Waals surface area contributed by atoms with Gasteiger partial charge in [-0.25, -0.2) is 4.79 Å². The lowest BCUT2D eigenvalue weighted by Crippen LogP contribution is -2.49. The molecule has 0 atom stereocenters. The van der Waals surface area contributed by atoms with Crippen molar-refractivity contribution in [3.63, 3.8) is 0 Å². The van der Waals surface area contributed by atoms with Gasteiger partial charge in [0.15, 0.2) is 5.96 Å². The highest BCUT2D eigenvalue weighted by molar-refractivity contribution is 5.80. The van der Waals surface area contributed by atoms with Crippen LogP contribution in [0.4, 0.5) is 4.79 Å². The third-order valence-corrected chi connectivity index (χ3v) is 4.77. The van der Waals surface area contributed by atoms with Crippen molar-refractivity contribution in [2.24, 2.45) is 4.99 Å². The Bertz CT molecular complexity index is 612. The van der Waals surface area contributed by atoms with E-state index in [0.29, 0.717) is 19.1 Å². The molecule has 0 saturated carbocycles. The lowest BCUT2D eigenvalue weighted by atomic mass is 9.87. The van der Waals surface area contributed by atoms with Gasteiger partial charge in [0.05, 0.1) is 7.11 Å². The molecule has 1 amide bonds. The number of ether oxygens (including phenoxy) is 1. The summed E-state index contributed by atoms with van der Waals surface area (Å²) >= 11 is 0. The Hall–Kier alpha value is -2.24. The Morgan fingerprint density at radius 2 is 1.85 bits per heavy atom. The highest BCUT2D eigenvalue weighted by Crippen LogP contribution is 2.22. The second kappa shape index (κ2) is 8.92. The summed E-state index contributed by atoms with van der Waals surface area (Å²) in [5.74, 6) is 0.793. The first kappa shape index (κ1) is 20.1. The van der Waals surface area contributed by atoms with Gasteiger partial charge in [0.25, 0.3) is 0 Å². The highest BCUT2D eigenvalue weighted by atomic mass is 16.5. The molecule has 0 bridgehead atoms. The smallest absolute Gasteiger partial charge is 0.409 e. The van der Waals surface area contributed by atoms with E-state index in [1.165, 1.54) is 18.2 Å². The van der Waals surface area contributed by atoms with E-state index in [0.717, 1.165) is 25.3 Å². The lowest BCUT2D eigenvalue weighted by molar-refractivity contribution is 0.111. The van der Waals surface area contributed by atoms with Gasteiger partial charge in [-0.1, -0.05) is 45.0 Å². The number of piperidine rings is 1. The number of rotatable bonds is 3. The third-order valence-electron chi connectivity index (χ3n) is 4.77. The zero-order valence-electron chi connectivity index (χ0n) is 16.6. The van der Waals surface area contributed by atoms with Gasteiger partial charge in [0, 0.05) is 32.7 Å². The maximum Gasteiger partial charge on any atom is 0.409 e. The number of amides is 1. The fourth-order valence-electron chi connectivity index (χ4n) is 3.03. The normalized spacial score (nSPS) is 16.3. The van der Waals surface area contributed by atoms with Crippen LogP contribution in [0.3, 0.4) is 0 Å². The van der Waals surface area contributed by atoms with E-state index in [1.54, 1.807) is 11.9 Å². The van der Waals surface area contributed by atoms with E-state index in [4.69, 9.17) is 4.74 Å². The van der Waals surface area contributed by atoms with Crippen LogP contribution >= 0.6 is 0 Å². The zero-order valence-corrected chi connectivity index (χ0v) is 16.6. The van der Waals surface area contributed by atoms with Crippen LogP contribution in [0.25, 0.3) is 0 Å². The SMILES string of the molecule is CN=C(NCc1ccc(C(C)(C)C)cc1)NC1CCN(C(=O)OC)CC1. The highest BCUT2D eigenvalue weighted by Gasteiger charge is 2.23. The van der Waals surface area contributed by atoms with Crippen LogP contribution in [0.15, 0.2) is 29.3 Å². The Morgan fingerprint density at radius 1 is 1.23 bits per heavy atom. The second-order valence-electron chi connectivity index (χ2n) is 7.75. The van der Waals surface area contributed by atoms with E-state index >= 15 is 0 Å². The fourth-order valence-corrected chi connectivity index (χ4v) is 3.03. The molecule has 1 fully saturated rings. The van der Waals surface area contributed by atoms with Gasteiger partial charge in [0.2, 0.25) is 0 Å². The molecule has 0 aliphatic carbocycles. The van der Waals surface area contributed by atoms with E-state index in [-0.39, 0.29) is 11.5 Å². The number of methoxy groups -OCH3 is 1. The molecule has 2 rings (SSSR count). The largest absolute Gasteiger partial charge is 0.453 e. The minimum absolute atomic E-state index is 0.169. The Morgan fingerprint density at radius 3 is 2.35 bits per heavy atom. The Labute approximate surface area is 157 Å². The quantitative estimate of drug-likeness (QED) is 0.643. The second-order valence-corrected chi connectivity index (χ2v) is 7.75. The van der Waals surface area contributed by atoms with Crippen molar-refractivity contribution in [3.05, 3.63) is 35.4 Å². The van der Waals surface area contributed by atoms with Crippen molar-refractivity contribution in [1.29, 1.82) is 0 Å². The standard InChI is InChI=1S/C20H32N4O2/c1-20(2,3)16-8-6-15(7-9-16)14-22-18(21-4)23-17-10-12-24(13-11-17)19(25)26-5/h6-9,17H,10-14H2,1-5H3,(H2,21,22,23). The molecule has 1 aromatic carbocycles. The molecule has 26 heavy (non-hydrogen) atoms. The number of carbonyl (C=O) groups is 1. The molecular formula is C20H32N4O2. The maximum atomic E-state index is 11.5. The fraction of sp³-hybridized carbons (Fsp3) is 0.600. The van der Waals surface area contributed by atoms with Gasteiger partial charge in [-0.05, 0) is 29.4 Å². The van der Waals surface area contributed by atoms with Crippen molar-refractivity contribution in [1.82, 2.24) is 15.5 Å². The van der Waals surface area contributed by atoms with Crippen LogP contribution in [0, 0.1) is 0 Å². The van der Waals surface area contributed by atoms with Gasteiger partial charge < -0.3 is 20.3 Å². The number of hydrogen-bond donors (Lipinski definition) is 2. The summed E-state index contributed by atoms with van der Waals surface area (Å²) in [7, 11) is 3.20. The monoisotopic (exact) mass is 360 g/mol. The van der Waals surface area contributed by atoms with Crippen LogP contribution in [0.2, 0.25) is 0 Å². The van der Waals surface area contributed by atoms with Crippen molar-refractivity contribution in [3.8, 4) is 0 Å². The first-order valence-electron chi connectivity index (χ1n) is 9.23. The topological polar surface area (TPSA) is 66.0 Å². The van der Waals surface area contributed by atoms with Crippen molar-refractivity contribution < 1.29 is 9.53 Å². The number of carbonyl (C=O) groups excluding carboxylic acids is 1. The van der Waals surface area contributed by atoms with Crippen LogP contribution < -0.4 is 10.6 Å². The zero-order chi connectivity index (χ0) is 19.2. The minimum atomic E-state index is -0.246. The average Bonchev–Trinajstić information content (AvgIpc) is 2.64. The predicted octanol–water partition coefficient (Wildman–Crippen LogP) is 2.88. The van der Waals surface area contributed by atoms with Crippen molar-refractivity contribution in [2.45, 2.75) is 51.6 Å². The van der Waals surface area contributed by atoms with E-state index in [1.807, 2.05) is 0 Å². The van der Waals surface area contributed by atoms with Gasteiger partial charge in [-0.15, -0.1) is 0 Å². The van der Waals surface area contributed by atoms with Crippen LogP contribution in [0.1, 0.15) is 44.7 Å². The molecule has 1 aliphatic heterocycles. The molecule has 0 unspecified atom stereocenters. The molecule has 1 saturated heterocycles. The first-order valence-corrected chi connectivity index (χ1v) is 9.23. The first-order chi connectivity index (χ1) is 12.3. The number of benzene rings is 1. The molecule has 1 aliphatic rings. The average molecular weight is 361 g/mol. The predicted molar refractivity (Wildman–Crippen MR) is 105 cm³/mol. The number of nitrogens with one attached hydrogen (secondary N) is 2. The van der Waals surface area contributed by atoms with E-state index in [9.17, 15) is 4.79 Å². The van der Waals surface area contributed by atoms with Gasteiger partial charge in [-0.3, -0.25) is 4.99 Å². The number of hydrogen-bond acceptors (Lipinski definition) is 3. The maximum absolute atomic E-state index is 11.5. The summed E-state index contributed by atoms with van der Waals surface area (Å²) in [5, 5.41) is 6.82. The number of nitrogens with zero attached hydrogens (tertiary/aromatic N) is 2. The minimum Gasteiger partial charge on any atom is -0.453 e. The molecule has 144 valence electrons. The Balaban J connectivity index is 1.81. The molecule has 2 N–H and O–H groups in total. The number of guanidine groups is 1. The summed E-state index contributed by atoms with van der Waals surface area (Å²) in [6.45, 7) is 8.79. The third kappa shape index (κ3) is 5.64. The number of aliphatic imine (C=N–C) groups is 1. The Kier molecular flexibility index (Phi) is 6.89. The molecule has 0 spiro atoms. The van der Waals surface area contributed by atoms with Crippen molar-refractivity contribution in [2.75, 3.05) is 27.2 Å². The van der Waals surface area contributed by atoms with Crippen LogP contribution in [0.5, 0.6) is 0 Å². The summed E-state index contributed by atoms with van der Waals surface area (Å²) < 4.78 is 4.77. The van der Waals surface area contributed by atoms with Gasteiger partial charge in [0.1, 0.15) is 0 Å². The molecular weight excluding hydrogens is 328 g/mol. The lowest BCUT2D eigenvalue weighted by Gasteiger charge is -2.32. The van der Waals surface area contributed by atoms with E-state index in [2.05, 4.69) is 60.7 Å². The van der Waals surface area contributed by atoms with Gasteiger partial charge >= 0.3 is 6.09 Å². The molecule has 0 aromatic heterocycles.